The molecule has 2 aromatic carbocycles. The third-order valence-electron chi connectivity index (χ3n) is 4.90. The number of benzene rings is 2. The molecule has 3 heterocycles. The SMILES string of the molecule is Clc1ccc(C2=NN3[C@H](C2)c2cc(Br)ccc2O[C@H]3c2cccnc2)cc1. The molecule has 4 nitrogen and oxygen atoms in total. The van der Waals surface area contributed by atoms with E-state index in [1.165, 1.54) is 0 Å². The van der Waals surface area contributed by atoms with Crippen molar-refractivity contribution in [2.24, 2.45) is 5.10 Å². The summed E-state index contributed by atoms with van der Waals surface area (Å²) in [5, 5.41) is 7.71. The largest absolute Gasteiger partial charge is 0.464 e. The van der Waals surface area contributed by atoms with Gasteiger partial charge >= 0.3 is 0 Å². The predicted molar refractivity (Wildman–Crippen MR) is 109 cm³/mol. The molecule has 134 valence electrons. The van der Waals surface area contributed by atoms with E-state index in [9.17, 15) is 0 Å². The highest BCUT2D eigenvalue weighted by atomic mass is 79.9. The number of hydrogen-bond donors (Lipinski definition) is 0. The van der Waals surface area contributed by atoms with Crippen LogP contribution in [0.1, 0.15) is 35.4 Å². The Morgan fingerprint density at radius 3 is 2.74 bits per heavy atom. The molecule has 0 saturated heterocycles. The van der Waals surface area contributed by atoms with Crippen LogP contribution in [0.4, 0.5) is 0 Å². The quantitative estimate of drug-likeness (QED) is 0.510. The van der Waals surface area contributed by atoms with E-state index >= 15 is 0 Å². The van der Waals surface area contributed by atoms with E-state index in [0.29, 0.717) is 0 Å². The Morgan fingerprint density at radius 1 is 1.11 bits per heavy atom. The summed E-state index contributed by atoms with van der Waals surface area (Å²) < 4.78 is 7.36. The minimum atomic E-state index is -0.304. The molecule has 2 atom stereocenters. The molecule has 0 N–H and O–H groups in total. The number of pyridine rings is 1. The zero-order valence-corrected chi connectivity index (χ0v) is 16.6. The third kappa shape index (κ3) is 3.01. The second kappa shape index (κ2) is 6.66. The molecule has 0 saturated carbocycles. The van der Waals surface area contributed by atoms with E-state index in [1.807, 2.05) is 54.7 Å². The van der Waals surface area contributed by atoms with Crippen LogP contribution in [0.25, 0.3) is 0 Å². The molecule has 0 fully saturated rings. The van der Waals surface area contributed by atoms with E-state index in [4.69, 9.17) is 21.4 Å². The molecule has 0 unspecified atom stereocenters. The van der Waals surface area contributed by atoms with Gasteiger partial charge in [-0.1, -0.05) is 45.7 Å². The Hall–Kier alpha value is -2.37. The summed E-state index contributed by atoms with van der Waals surface area (Å²) in [6, 6.07) is 18.0. The van der Waals surface area contributed by atoms with Gasteiger partial charge in [0.1, 0.15) is 5.75 Å². The van der Waals surface area contributed by atoms with Crippen molar-refractivity contribution in [3.8, 4) is 5.75 Å². The van der Waals surface area contributed by atoms with Gasteiger partial charge < -0.3 is 4.74 Å². The number of hydrogen-bond acceptors (Lipinski definition) is 4. The van der Waals surface area contributed by atoms with Crippen LogP contribution >= 0.6 is 27.5 Å². The van der Waals surface area contributed by atoms with Crippen molar-refractivity contribution in [1.82, 2.24) is 9.99 Å². The van der Waals surface area contributed by atoms with Gasteiger partial charge in [0.2, 0.25) is 6.23 Å². The van der Waals surface area contributed by atoms with Crippen LogP contribution in [0.5, 0.6) is 5.75 Å². The Bertz CT molecular complexity index is 1020. The van der Waals surface area contributed by atoms with Gasteiger partial charge in [0.05, 0.1) is 11.8 Å². The van der Waals surface area contributed by atoms with Crippen molar-refractivity contribution in [3.63, 3.8) is 0 Å². The lowest BCUT2D eigenvalue weighted by Gasteiger charge is -2.38. The second-order valence-corrected chi connectivity index (χ2v) is 7.94. The first-order chi connectivity index (χ1) is 13.2. The Kier molecular flexibility index (Phi) is 4.14. The van der Waals surface area contributed by atoms with Gasteiger partial charge in [-0.3, -0.25) is 4.98 Å². The summed E-state index contributed by atoms with van der Waals surface area (Å²) >= 11 is 9.62. The Labute approximate surface area is 170 Å². The molecule has 1 aromatic heterocycles. The summed E-state index contributed by atoms with van der Waals surface area (Å²) in [6.45, 7) is 0. The number of halogens is 2. The lowest BCUT2D eigenvalue weighted by molar-refractivity contribution is -0.0192. The van der Waals surface area contributed by atoms with Gasteiger partial charge in [-0.15, -0.1) is 0 Å². The lowest BCUT2D eigenvalue weighted by atomic mass is 9.96. The zero-order valence-electron chi connectivity index (χ0n) is 14.2. The average Bonchev–Trinajstić information content (AvgIpc) is 3.14. The molecule has 27 heavy (non-hydrogen) atoms. The van der Waals surface area contributed by atoms with Crippen LogP contribution in [0, 0.1) is 0 Å². The van der Waals surface area contributed by atoms with E-state index in [2.05, 4.69) is 32.0 Å². The Morgan fingerprint density at radius 2 is 1.96 bits per heavy atom. The molecule has 2 aliphatic heterocycles. The normalized spacial score (nSPS) is 20.5. The molecular weight excluding hydrogens is 426 g/mol. The smallest absolute Gasteiger partial charge is 0.215 e. The van der Waals surface area contributed by atoms with E-state index in [-0.39, 0.29) is 12.3 Å². The molecule has 0 spiro atoms. The van der Waals surface area contributed by atoms with Crippen molar-refractivity contribution in [1.29, 1.82) is 0 Å². The summed E-state index contributed by atoms with van der Waals surface area (Å²) in [7, 11) is 0. The first-order valence-corrected chi connectivity index (χ1v) is 9.84. The highest BCUT2D eigenvalue weighted by Gasteiger charge is 2.41. The monoisotopic (exact) mass is 439 g/mol. The van der Waals surface area contributed by atoms with Crippen molar-refractivity contribution in [2.75, 3.05) is 0 Å². The minimum Gasteiger partial charge on any atom is -0.464 e. The van der Waals surface area contributed by atoms with Crippen molar-refractivity contribution in [3.05, 3.63) is 93.2 Å². The van der Waals surface area contributed by atoms with Crippen LogP contribution in [0.3, 0.4) is 0 Å². The lowest BCUT2D eigenvalue weighted by Crippen LogP contribution is -2.33. The van der Waals surface area contributed by atoms with Crippen LogP contribution in [0.15, 0.2) is 76.6 Å². The fourth-order valence-electron chi connectivity index (χ4n) is 3.62. The van der Waals surface area contributed by atoms with Crippen LogP contribution in [0.2, 0.25) is 5.02 Å². The third-order valence-corrected chi connectivity index (χ3v) is 5.64. The van der Waals surface area contributed by atoms with Crippen molar-refractivity contribution in [2.45, 2.75) is 18.7 Å². The molecule has 0 bridgehead atoms. The number of aromatic nitrogens is 1. The van der Waals surface area contributed by atoms with E-state index in [0.717, 1.165) is 44.1 Å². The van der Waals surface area contributed by atoms with Crippen molar-refractivity contribution >= 4 is 33.2 Å². The highest BCUT2D eigenvalue weighted by Crippen LogP contribution is 2.48. The fourth-order valence-corrected chi connectivity index (χ4v) is 4.12. The number of ether oxygens (including phenoxy) is 1. The fraction of sp³-hybridized carbons (Fsp3) is 0.143. The van der Waals surface area contributed by atoms with Gasteiger partial charge in [-0.2, -0.15) is 5.10 Å². The topological polar surface area (TPSA) is 37.7 Å². The number of fused-ring (bicyclic) bond motifs is 3. The average molecular weight is 441 g/mol. The number of rotatable bonds is 2. The van der Waals surface area contributed by atoms with Crippen LogP contribution in [-0.2, 0) is 0 Å². The Balaban J connectivity index is 1.60. The minimum absolute atomic E-state index is 0.113. The molecule has 6 heteroatoms. The molecule has 2 aliphatic rings. The van der Waals surface area contributed by atoms with Crippen LogP contribution < -0.4 is 4.74 Å². The van der Waals surface area contributed by atoms with Gasteiger partial charge in [-0.05, 0) is 42.0 Å². The van der Waals surface area contributed by atoms with Crippen LogP contribution in [-0.4, -0.2) is 15.7 Å². The van der Waals surface area contributed by atoms with Gasteiger partial charge in [0.15, 0.2) is 0 Å². The summed E-state index contributed by atoms with van der Waals surface area (Å²) in [5.41, 5.74) is 4.23. The maximum absolute atomic E-state index is 6.33. The molecule has 0 aliphatic carbocycles. The molecule has 3 aromatic rings. The van der Waals surface area contributed by atoms with Crippen molar-refractivity contribution < 1.29 is 4.74 Å². The van der Waals surface area contributed by atoms with E-state index < -0.39 is 0 Å². The highest BCUT2D eigenvalue weighted by molar-refractivity contribution is 9.10. The summed E-state index contributed by atoms with van der Waals surface area (Å²) in [5.74, 6) is 0.890. The maximum atomic E-state index is 6.33. The van der Waals surface area contributed by atoms with Gasteiger partial charge in [0, 0.05) is 39.4 Å². The maximum Gasteiger partial charge on any atom is 0.215 e. The summed E-state index contributed by atoms with van der Waals surface area (Å²) in [6.07, 6.45) is 4.11. The molecule has 5 rings (SSSR count). The second-order valence-electron chi connectivity index (χ2n) is 6.59. The number of nitrogens with zero attached hydrogens (tertiary/aromatic N) is 3. The molecule has 0 radical (unpaired) electrons. The standard InChI is InChI=1S/C21H15BrClN3O/c22-15-5-8-20-17(10-15)19-11-18(13-3-6-16(23)7-4-13)25-26(19)21(27-20)14-2-1-9-24-12-14/h1-10,12,19,21H,11H2/t19-,21+/m1/s1. The molecule has 0 amide bonds. The predicted octanol–water partition coefficient (Wildman–Crippen LogP) is 5.74. The van der Waals surface area contributed by atoms with E-state index in [1.54, 1.807) is 6.20 Å². The zero-order chi connectivity index (χ0) is 18.4. The first kappa shape index (κ1) is 16.8. The molecular formula is C21H15BrClN3O. The van der Waals surface area contributed by atoms with Gasteiger partial charge in [0.25, 0.3) is 0 Å². The number of hydrazone groups is 1. The summed E-state index contributed by atoms with van der Waals surface area (Å²) in [4.78, 5) is 4.25. The first-order valence-electron chi connectivity index (χ1n) is 8.67. The van der Waals surface area contributed by atoms with Gasteiger partial charge in [-0.25, -0.2) is 5.01 Å².